The fraction of sp³-hybridized carbons (Fsp3) is 0.200. The highest BCUT2D eigenvalue weighted by molar-refractivity contribution is 5.29. The Labute approximate surface area is 101 Å². The molecule has 0 radical (unpaired) electrons. The average Bonchev–Trinajstić information content (AvgIpc) is 2.38. The van der Waals surface area contributed by atoms with Crippen molar-refractivity contribution in [1.29, 1.82) is 0 Å². The van der Waals surface area contributed by atoms with E-state index in [1.807, 2.05) is 36.4 Å². The summed E-state index contributed by atoms with van der Waals surface area (Å²) >= 11 is 0. The number of hydrogen-bond acceptors (Lipinski definition) is 2. The van der Waals surface area contributed by atoms with Crippen LogP contribution in [0.2, 0.25) is 0 Å². The van der Waals surface area contributed by atoms with Gasteiger partial charge in [0.05, 0.1) is 6.61 Å². The van der Waals surface area contributed by atoms with Gasteiger partial charge >= 0.3 is 0 Å². The molecule has 2 rings (SSSR count). The van der Waals surface area contributed by atoms with Gasteiger partial charge in [-0.3, -0.25) is 0 Å². The molecule has 0 saturated carbocycles. The van der Waals surface area contributed by atoms with E-state index in [2.05, 4.69) is 19.1 Å². The zero-order valence-electron chi connectivity index (χ0n) is 9.89. The second-order valence-corrected chi connectivity index (χ2v) is 4.02. The Balaban J connectivity index is 2.05. The summed E-state index contributed by atoms with van der Waals surface area (Å²) in [4.78, 5) is 0. The number of rotatable bonds is 4. The van der Waals surface area contributed by atoms with Crippen molar-refractivity contribution in [1.82, 2.24) is 0 Å². The van der Waals surface area contributed by atoms with Gasteiger partial charge in [-0.05, 0) is 35.7 Å². The van der Waals surface area contributed by atoms with E-state index >= 15 is 0 Å². The maximum atomic E-state index is 9.04. The Morgan fingerprint density at radius 1 is 1.06 bits per heavy atom. The number of aliphatic hydroxyl groups is 1. The molecule has 1 N–H and O–H groups in total. The van der Waals surface area contributed by atoms with Crippen LogP contribution in [0, 0.1) is 6.92 Å². The minimum absolute atomic E-state index is 0.0432. The van der Waals surface area contributed by atoms with Crippen LogP contribution < -0.4 is 4.74 Å². The highest BCUT2D eigenvalue weighted by Crippen LogP contribution is 2.16. The van der Waals surface area contributed by atoms with Crippen molar-refractivity contribution < 1.29 is 9.84 Å². The first-order chi connectivity index (χ1) is 8.29. The number of hydrogen-bond donors (Lipinski definition) is 1. The van der Waals surface area contributed by atoms with E-state index in [1.165, 1.54) is 11.1 Å². The first kappa shape index (κ1) is 11.7. The van der Waals surface area contributed by atoms with Crippen LogP contribution in [-0.2, 0) is 13.2 Å². The topological polar surface area (TPSA) is 29.5 Å². The third-order valence-corrected chi connectivity index (χ3v) is 2.74. The van der Waals surface area contributed by atoms with Crippen LogP contribution >= 0.6 is 0 Å². The van der Waals surface area contributed by atoms with Gasteiger partial charge in [0.2, 0.25) is 0 Å². The van der Waals surface area contributed by atoms with Crippen LogP contribution in [-0.4, -0.2) is 5.11 Å². The maximum absolute atomic E-state index is 9.04. The highest BCUT2D eigenvalue weighted by atomic mass is 16.5. The third-order valence-electron chi connectivity index (χ3n) is 2.74. The van der Waals surface area contributed by atoms with Crippen molar-refractivity contribution in [2.75, 3.05) is 0 Å². The van der Waals surface area contributed by atoms with Gasteiger partial charge in [-0.25, -0.2) is 0 Å². The maximum Gasteiger partial charge on any atom is 0.120 e. The molecule has 2 heteroatoms. The lowest BCUT2D eigenvalue weighted by molar-refractivity contribution is 0.278. The zero-order chi connectivity index (χ0) is 12.1. The molecule has 88 valence electrons. The lowest BCUT2D eigenvalue weighted by Crippen LogP contribution is -1.98. The van der Waals surface area contributed by atoms with Crippen molar-refractivity contribution in [2.45, 2.75) is 20.1 Å². The Bertz CT molecular complexity index is 492. The fourth-order valence-electron chi connectivity index (χ4n) is 1.67. The number of aryl methyl sites for hydroxylation is 1. The first-order valence-electron chi connectivity index (χ1n) is 5.66. The molecule has 0 aliphatic heterocycles. The summed E-state index contributed by atoms with van der Waals surface area (Å²) in [5.74, 6) is 0.791. The number of benzene rings is 2. The Kier molecular flexibility index (Phi) is 3.78. The van der Waals surface area contributed by atoms with Gasteiger partial charge in [0.1, 0.15) is 12.4 Å². The van der Waals surface area contributed by atoms with E-state index in [0.717, 1.165) is 11.3 Å². The van der Waals surface area contributed by atoms with Crippen LogP contribution in [0.5, 0.6) is 5.75 Å². The Morgan fingerprint density at radius 2 is 1.88 bits per heavy atom. The summed E-state index contributed by atoms with van der Waals surface area (Å²) in [6.45, 7) is 2.67. The van der Waals surface area contributed by atoms with Gasteiger partial charge in [0, 0.05) is 0 Å². The van der Waals surface area contributed by atoms with Crippen LogP contribution in [0.25, 0.3) is 0 Å². The lowest BCUT2D eigenvalue weighted by atomic mass is 10.1. The molecular formula is C15H16O2. The molecule has 0 amide bonds. The lowest BCUT2D eigenvalue weighted by Gasteiger charge is -2.09. The normalized spacial score (nSPS) is 10.2. The third kappa shape index (κ3) is 3.08. The van der Waals surface area contributed by atoms with Crippen molar-refractivity contribution >= 4 is 0 Å². The summed E-state index contributed by atoms with van der Waals surface area (Å²) in [6, 6.07) is 15.7. The van der Waals surface area contributed by atoms with E-state index in [1.54, 1.807) is 0 Å². The summed E-state index contributed by atoms with van der Waals surface area (Å²) in [7, 11) is 0. The van der Waals surface area contributed by atoms with Gasteiger partial charge in [-0.2, -0.15) is 0 Å². The SMILES string of the molecule is Cc1ccccc1COc1cccc(CO)c1. The molecule has 2 aromatic carbocycles. The molecule has 0 aliphatic rings. The molecule has 0 fully saturated rings. The summed E-state index contributed by atoms with van der Waals surface area (Å²) in [5, 5.41) is 9.04. The number of aliphatic hydroxyl groups excluding tert-OH is 1. The van der Waals surface area contributed by atoms with Crippen molar-refractivity contribution in [3.63, 3.8) is 0 Å². The van der Waals surface area contributed by atoms with E-state index in [0.29, 0.717) is 6.61 Å². The molecule has 0 aliphatic carbocycles. The second-order valence-electron chi connectivity index (χ2n) is 4.02. The fourth-order valence-corrected chi connectivity index (χ4v) is 1.67. The standard InChI is InChI=1S/C15H16O2/c1-12-5-2-3-7-14(12)11-17-15-8-4-6-13(9-15)10-16/h2-9,16H,10-11H2,1H3. The van der Waals surface area contributed by atoms with E-state index < -0.39 is 0 Å². The molecule has 0 heterocycles. The molecule has 0 atom stereocenters. The molecule has 0 saturated heterocycles. The number of ether oxygens (including phenoxy) is 1. The zero-order valence-corrected chi connectivity index (χ0v) is 9.89. The molecule has 0 bridgehead atoms. The van der Waals surface area contributed by atoms with Crippen LogP contribution in [0.3, 0.4) is 0 Å². The molecular weight excluding hydrogens is 212 g/mol. The van der Waals surface area contributed by atoms with Crippen molar-refractivity contribution in [3.05, 3.63) is 65.2 Å². The Morgan fingerprint density at radius 3 is 2.65 bits per heavy atom. The minimum atomic E-state index is 0.0432. The van der Waals surface area contributed by atoms with E-state index in [4.69, 9.17) is 9.84 Å². The summed E-state index contributed by atoms with van der Waals surface area (Å²) in [5.41, 5.74) is 3.28. The first-order valence-corrected chi connectivity index (χ1v) is 5.66. The summed E-state index contributed by atoms with van der Waals surface area (Å²) in [6.07, 6.45) is 0. The van der Waals surface area contributed by atoms with Gasteiger partial charge < -0.3 is 9.84 Å². The van der Waals surface area contributed by atoms with Crippen molar-refractivity contribution in [3.8, 4) is 5.75 Å². The van der Waals surface area contributed by atoms with E-state index in [-0.39, 0.29) is 6.61 Å². The van der Waals surface area contributed by atoms with Gasteiger partial charge in [-0.1, -0.05) is 36.4 Å². The predicted molar refractivity (Wildman–Crippen MR) is 67.9 cm³/mol. The van der Waals surface area contributed by atoms with Crippen LogP contribution in [0.1, 0.15) is 16.7 Å². The van der Waals surface area contributed by atoms with Crippen LogP contribution in [0.4, 0.5) is 0 Å². The molecule has 2 aromatic rings. The largest absolute Gasteiger partial charge is 0.489 e. The smallest absolute Gasteiger partial charge is 0.120 e. The molecule has 0 spiro atoms. The molecule has 0 aromatic heterocycles. The molecule has 0 unspecified atom stereocenters. The quantitative estimate of drug-likeness (QED) is 0.871. The summed E-state index contributed by atoms with van der Waals surface area (Å²) < 4.78 is 5.70. The van der Waals surface area contributed by atoms with Gasteiger partial charge in [0.25, 0.3) is 0 Å². The average molecular weight is 228 g/mol. The highest BCUT2D eigenvalue weighted by Gasteiger charge is 1.99. The monoisotopic (exact) mass is 228 g/mol. The van der Waals surface area contributed by atoms with Gasteiger partial charge in [-0.15, -0.1) is 0 Å². The Hall–Kier alpha value is -1.80. The van der Waals surface area contributed by atoms with Crippen LogP contribution in [0.15, 0.2) is 48.5 Å². The van der Waals surface area contributed by atoms with Crippen molar-refractivity contribution in [2.24, 2.45) is 0 Å². The second kappa shape index (κ2) is 5.51. The molecule has 17 heavy (non-hydrogen) atoms. The minimum Gasteiger partial charge on any atom is -0.489 e. The molecule has 2 nitrogen and oxygen atoms in total. The van der Waals surface area contributed by atoms with E-state index in [9.17, 15) is 0 Å². The van der Waals surface area contributed by atoms with Gasteiger partial charge in [0.15, 0.2) is 0 Å². The predicted octanol–water partition coefficient (Wildman–Crippen LogP) is 3.07.